The number of hydrogen-bond acceptors (Lipinski definition) is 2. The quantitative estimate of drug-likeness (QED) is 0.788. The molecule has 1 aromatic heterocycles. The van der Waals surface area contributed by atoms with E-state index in [-0.39, 0.29) is 18.1 Å². The molecule has 1 amide bonds. The van der Waals surface area contributed by atoms with Crippen LogP contribution >= 0.6 is 0 Å². The number of anilines is 1. The number of halogens is 1. The van der Waals surface area contributed by atoms with Gasteiger partial charge in [0.05, 0.1) is 18.3 Å². The van der Waals surface area contributed by atoms with Crippen LogP contribution in [0.25, 0.3) is 11.3 Å². The van der Waals surface area contributed by atoms with E-state index in [2.05, 4.69) is 14.9 Å². The summed E-state index contributed by atoms with van der Waals surface area (Å²) in [5, 5.41) is 2.87. The van der Waals surface area contributed by atoms with Crippen LogP contribution < -0.4 is 5.32 Å². The molecule has 0 atom stereocenters. The molecular weight excluding hydrogens is 317 g/mol. The second kappa shape index (κ2) is 6.51. The summed E-state index contributed by atoms with van der Waals surface area (Å²) in [7, 11) is 0. The van der Waals surface area contributed by atoms with Crippen LogP contribution in [-0.2, 0) is 24.2 Å². The highest BCUT2D eigenvalue weighted by Crippen LogP contribution is 2.26. The van der Waals surface area contributed by atoms with E-state index in [1.807, 2.05) is 30.5 Å². The first-order valence-electron chi connectivity index (χ1n) is 8.38. The lowest BCUT2D eigenvalue weighted by molar-refractivity contribution is -0.115. The first-order valence-corrected chi connectivity index (χ1v) is 8.38. The predicted molar refractivity (Wildman–Crippen MR) is 94.7 cm³/mol. The number of carbonyl (C=O) groups excluding carboxylic acids is 1. The van der Waals surface area contributed by atoms with Gasteiger partial charge in [-0.1, -0.05) is 24.3 Å². The van der Waals surface area contributed by atoms with Crippen LogP contribution in [0.15, 0.2) is 54.7 Å². The summed E-state index contributed by atoms with van der Waals surface area (Å²) < 4.78 is 15.2. The number of amides is 1. The maximum atomic E-state index is 12.9. The molecule has 3 aromatic rings. The molecule has 0 saturated heterocycles. The molecular formula is C20H18FN3O. The highest BCUT2D eigenvalue weighted by Gasteiger charge is 2.16. The third kappa shape index (κ3) is 3.31. The summed E-state index contributed by atoms with van der Waals surface area (Å²) in [5.41, 5.74) is 3.75. The molecule has 0 spiro atoms. The number of nitrogens with one attached hydrogen (secondary N) is 1. The Kier molecular flexibility index (Phi) is 4.06. The lowest BCUT2D eigenvalue weighted by Gasteiger charge is -2.08. The van der Waals surface area contributed by atoms with Gasteiger partial charge in [0.25, 0.3) is 0 Å². The number of benzene rings is 2. The van der Waals surface area contributed by atoms with Crippen LogP contribution in [-0.4, -0.2) is 15.5 Å². The molecule has 4 rings (SSSR count). The monoisotopic (exact) mass is 335 g/mol. The van der Waals surface area contributed by atoms with Gasteiger partial charge in [0.15, 0.2) is 0 Å². The van der Waals surface area contributed by atoms with Crippen molar-refractivity contribution in [2.24, 2.45) is 0 Å². The van der Waals surface area contributed by atoms with E-state index >= 15 is 0 Å². The molecule has 1 aliphatic rings. The largest absolute Gasteiger partial charge is 0.328 e. The van der Waals surface area contributed by atoms with Crippen LogP contribution in [0.2, 0.25) is 0 Å². The fourth-order valence-electron chi connectivity index (χ4n) is 3.21. The Morgan fingerprint density at radius 2 is 1.88 bits per heavy atom. The summed E-state index contributed by atoms with van der Waals surface area (Å²) in [6.07, 6.45) is 4.32. The minimum absolute atomic E-state index is 0.121. The Hall–Kier alpha value is -2.95. The second-order valence-electron chi connectivity index (χ2n) is 6.24. The lowest BCUT2D eigenvalue weighted by atomic mass is 10.1. The van der Waals surface area contributed by atoms with Gasteiger partial charge in [-0.3, -0.25) is 4.79 Å². The molecule has 1 N–H and O–H groups in total. The van der Waals surface area contributed by atoms with E-state index in [9.17, 15) is 9.18 Å². The number of hydrogen-bond donors (Lipinski definition) is 1. The smallest absolute Gasteiger partial charge is 0.228 e. The van der Waals surface area contributed by atoms with Gasteiger partial charge in [0.1, 0.15) is 11.6 Å². The number of carbonyl (C=O) groups is 1. The van der Waals surface area contributed by atoms with E-state index in [0.29, 0.717) is 0 Å². The molecule has 4 nitrogen and oxygen atoms in total. The SMILES string of the molecule is O=C(Cc1ccc(F)cc1)Nc1ccc(-c2cnc3n2CCC3)cc1. The van der Waals surface area contributed by atoms with Gasteiger partial charge in [-0.15, -0.1) is 0 Å². The summed E-state index contributed by atoms with van der Waals surface area (Å²) in [4.78, 5) is 16.6. The average molecular weight is 335 g/mol. The standard InChI is InChI=1S/C20H18FN3O/c21-16-7-3-14(4-8-16)12-20(25)23-17-9-5-15(6-10-17)18-13-22-19-2-1-11-24(18)19/h3-10,13H,1-2,11-12H2,(H,23,25). The molecule has 2 heterocycles. The zero-order valence-electron chi connectivity index (χ0n) is 13.7. The van der Waals surface area contributed by atoms with Crippen molar-refractivity contribution in [2.75, 3.05) is 5.32 Å². The van der Waals surface area contributed by atoms with Gasteiger partial charge in [0, 0.05) is 18.7 Å². The van der Waals surface area contributed by atoms with Gasteiger partial charge in [0.2, 0.25) is 5.91 Å². The Balaban J connectivity index is 1.43. The minimum atomic E-state index is -0.300. The van der Waals surface area contributed by atoms with E-state index in [1.54, 1.807) is 12.1 Å². The summed E-state index contributed by atoms with van der Waals surface area (Å²) >= 11 is 0. The maximum absolute atomic E-state index is 12.9. The Morgan fingerprint density at radius 1 is 1.12 bits per heavy atom. The fourth-order valence-corrected chi connectivity index (χ4v) is 3.21. The number of aryl methyl sites for hydroxylation is 1. The van der Waals surface area contributed by atoms with Crippen LogP contribution in [0.4, 0.5) is 10.1 Å². The lowest BCUT2D eigenvalue weighted by Crippen LogP contribution is -2.14. The van der Waals surface area contributed by atoms with Crippen molar-refractivity contribution in [1.29, 1.82) is 0 Å². The van der Waals surface area contributed by atoms with Crippen molar-refractivity contribution >= 4 is 11.6 Å². The zero-order chi connectivity index (χ0) is 17.2. The minimum Gasteiger partial charge on any atom is -0.328 e. The first kappa shape index (κ1) is 15.6. The van der Waals surface area contributed by atoms with Gasteiger partial charge >= 0.3 is 0 Å². The van der Waals surface area contributed by atoms with Crippen molar-refractivity contribution < 1.29 is 9.18 Å². The number of nitrogens with zero attached hydrogens (tertiary/aromatic N) is 2. The zero-order valence-corrected chi connectivity index (χ0v) is 13.7. The normalized spacial score (nSPS) is 12.8. The molecule has 0 unspecified atom stereocenters. The molecule has 0 radical (unpaired) electrons. The number of aromatic nitrogens is 2. The Labute approximate surface area is 145 Å². The third-order valence-corrected chi connectivity index (χ3v) is 4.46. The molecule has 25 heavy (non-hydrogen) atoms. The fraction of sp³-hybridized carbons (Fsp3) is 0.200. The van der Waals surface area contributed by atoms with Crippen LogP contribution in [0.5, 0.6) is 0 Å². The summed E-state index contributed by atoms with van der Waals surface area (Å²) in [6.45, 7) is 1.01. The average Bonchev–Trinajstić information content (AvgIpc) is 3.21. The molecule has 0 fully saturated rings. The van der Waals surface area contributed by atoms with Gasteiger partial charge < -0.3 is 9.88 Å². The molecule has 0 saturated carbocycles. The van der Waals surface area contributed by atoms with Crippen LogP contribution in [0.3, 0.4) is 0 Å². The molecule has 126 valence electrons. The summed E-state index contributed by atoms with van der Waals surface area (Å²) in [6, 6.07) is 13.8. The van der Waals surface area contributed by atoms with Crippen molar-refractivity contribution in [2.45, 2.75) is 25.8 Å². The van der Waals surface area contributed by atoms with Crippen LogP contribution in [0, 0.1) is 5.82 Å². The third-order valence-electron chi connectivity index (χ3n) is 4.46. The van der Waals surface area contributed by atoms with Crippen molar-refractivity contribution in [3.63, 3.8) is 0 Å². The Bertz CT molecular complexity index is 898. The van der Waals surface area contributed by atoms with E-state index < -0.39 is 0 Å². The highest BCUT2D eigenvalue weighted by molar-refractivity contribution is 5.92. The summed E-state index contributed by atoms with van der Waals surface area (Å²) in [5.74, 6) is 0.724. The van der Waals surface area contributed by atoms with Crippen molar-refractivity contribution in [3.05, 3.63) is 71.9 Å². The number of fused-ring (bicyclic) bond motifs is 1. The van der Waals surface area contributed by atoms with Crippen molar-refractivity contribution in [3.8, 4) is 11.3 Å². The highest BCUT2D eigenvalue weighted by atomic mass is 19.1. The van der Waals surface area contributed by atoms with Crippen LogP contribution in [0.1, 0.15) is 17.8 Å². The first-order chi connectivity index (χ1) is 12.2. The van der Waals surface area contributed by atoms with Gasteiger partial charge in [-0.05, 0) is 41.8 Å². The molecule has 2 aromatic carbocycles. The van der Waals surface area contributed by atoms with E-state index in [4.69, 9.17) is 0 Å². The van der Waals surface area contributed by atoms with E-state index in [0.717, 1.165) is 47.7 Å². The van der Waals surface area contributed by atoms with Crippen molar-refractivity contribution in [1.82, 2.24) is 9.55 Å². The molecule has 0 bridgehead atoms. The van der Waals surface area contributed by atoms with Gasteiger partial charge in [-0.2, -0.15) is 0 Å². The predicted octanol–water partition coefficient (Wildman–Crippen LogP) is 3.82. The Morgan fingerprint density at radius 3 is 2.64 bits per heavy atom. The number of rotatable bonds is 4. The maximum Gasteiger partial charge on any atom is 0.228 e. The molecule has 0 aliphatic carbocycles. The molecule has 1 aliphatic heterocycles. The second-order valence-corrected chi connectivity index (χ2v) is 6.24. The van der Waals surface area contributed by atoms with E-state index in [1.165, 1.54) is 12.1 Å². The number of imidazole rings is 1. The topological polar surface area (TPSA) is 46.9 Å². The van der Waals surface area contributed by atoms with Gasteiger partial charge in [-0.25, -0.2) is 9.37 Å². The molecule has 5 heteroatoms.